The molecule has 5 heteroatoms. The molecule has 0 spiro atoms. The highest BCUT2D eigenvalue weighted by atomic mass is 15.4. The van der Waals surface area contributed by atoms with Crippen LogP contribution in [0.15, 0.2) is 0 Å². The third-order valence-corrected chi connectivity index (χ3v) is 2.52. The summed E-state index contributed by atoms with van der Waals surface area (Å²) in [5.41, 5.74) is 7.55. The Hall–Kier alpha value is -1.70. The fourth-order valence-electron chi connectivity index (χ4n) is 1.61. The van der Waals surface area contributed by atoms with Crippen molar-refractivity contribution in [2.24, 2.45) is 0 Å². The molecule has 0 radical (unpaired) electrons. The molecule has 1 rings (SSSR count). The van der Waals surface area contributed by atoms with Crippen LogP contribution in [0.4, 0.5) is 11.5 Å². The largest absolute Gasteiger partial charge is 0.394 e. The molecule has 0 fully saturated rings. The standard InChI is InChI=1S/C11H19N5/c1-8(2)16-11(10(13)9(3)14-16)15(4)7-5-6-12/h8H,5,7,13H2,1-4H3. The number of hydrogen-bond acceptors (Lipinski definition) is 4. The number of nitrogen functional groups attached to an aromatic ring is 1. The van der Waals surface area contributed by atoms with E-state index < -0.39 is 0 Å². The molecule has 0 bridgehead atoms. The molecule has 1 aromatic heterocycles. The molecule has 1 heterocycles. The van der Waals surface area contributed by atoms with Gasteiger partial charge in [-0.2, -0.15) is 10.4 Å². The second kappa shape index (κ2) is 4.88. The summed E-state index contributed by atoms with van der Waals surface area (Å²) in [7, 11) is 1.93. The number of aryl methyl sites for hydroxylation is 1. The van der Waals surface area contributed by atoms with E-state index >= 15 is 0 Å². The summed E-state index contributed by atoms with van der Waals surface area (Å²) in [5, 5.41) is 13.0. The zero-order chi connectivity index (χ0) is 12.3. The van der Waals surface area contributed by atoms with Gasteiger partial charge in [0.15, 0.2) is 5.82 Å². The third kappa shape index (κ3) is 2.27. The smallest absolute Gasteiger partial charge is 0.150 e. The third-order valence-electron chi connectivity index (χ3n) is 2.52. The molecular weight excluding hydrogens is 202 g/mol. The lowest BCUT2D eigenvalue weighted by atomic mass is 10.3. The minimum atomic E-state index is 0.260. The number of anilines is 2. The lowest BCUT2D eigenvalue weighted by molar-refractivity contribution is 0.526. The minimum Gasteiger partial charge on any atom is -0.394 e. The van der Waals surface area contributed by atoms with E-state index in [1.807, 2.05) is 23.6 Å². The van der Waals surface area contributed by atoms with E-state index in [9.17, 15) is 0 Å². The van der Waals surface area contributed by atoms with Crippen molar-refractivity contribution in [1.29, 1.82) is 5.26 Å². The van der Waals surface area contributed by atoms with E-state index in [1.54, 1.807) is 0 Å². The fourth-order valence-corrected chi connectivity index (χ4v) is 1.61. The van der Waals surface area contributed by atoms with Gasteiger partial charge in [0.1, 0.15) is 0 Å². The number of rotatable bonds is 4. The molecule has 1 aromatic rings. The first-order chi connectivity index (χ1) is 7.49. The van der Waals surface area contributed by atoms with Gasteiger partial charge >= 0.3 is 0 Å². The molecule has 0 saturated carbocycles. The quantitative estimate of drug-likeness (QED) is 0.840. The van der Waals surface area contributed by atoms with Crippen LogP contribution in [-0.4, -0.2) is 23.4 Å². The Balaban J connectivity index is 3.06. The Labute approximate surface area is 96.5 Å². The molecule has 0 saturated heterocycles. The van der Waals surface area contributed by atoms with Gasteiger partial charge in [0, 0.05) is 19.6 Å². The maximum absolute atomic E-state index is 8.58. The highest BCUT2D eigenvalue weighted by Crippen LogP contribution is 2.28. The van der Waals surface area contributed by atoms with Crippen LogP contribution in [0.5, 0.6) is 0 Å². The molecule has 0 aliphatic heterocycles. The lowest BCUT2D eigenvalue weighted by Crippen LogP contribution is -2.23. The van der Waals surface area contributed by atoms with Crippen LogP contribution < -0.4 is 10.6 Å². The van der Waals surface area contributed by atoms with Gasteiger partial charge < -0.3 is 10.6 Å². The van der Waals surface area contributed by atoms with Crippen molar-refractivity contribution in [3.05, 3.63) is 5.69 Å². The summed E-state index contributed by atoms with van der Waals surface area (Å²) in [6, 6.07) is 2.39. The van der Waals surface area contributed by atoms with Gasteiger partial charge in [0.25, 0.3) is 0 Å². The van der Waals surface area contributed by atoms with E-state index in [-0.39, 0.29) is 6.04 Å². The first kappa shape index (κ1) is 12.4. The SMILES string of the molecule is Cc1nn(C(C)C)c(N(C)CCC#N)c1N. The summed E-state index contributed by atoms with van der Waals surface area (Å²) in [6.45, 7) is 6.69. The molecule has 0 aliphatic rings. The summed E-state index contributed by atoms with van der Waals surface area (Å²) < 4.78 is 1.90. The van der Waals surface area contributed by atoms with E-state index in [0.29, 0.717) is 18.7 Å². The lowest BCUT2D eigenvalue weighted by Gasteiger charge is -2.21. The Morgan fingerprint density at radius 2 is 2.19 bits per heavy atom. The highest BCUT2D eigenvalue weighted by molar-refractivity contribution is 5.66. The molecule has 0 unspecified atom stereocenters. The topological polar surface area (TPSA) is 70.9 Å². The first-order valence-electron chi connectivity index (χ1n) is 5.41. The number of aromatic nitrogens is 2. The van der Waals surface area contributed by atoms with Crippen molar-refractivity contribution < 1.29 is 0 Å². The molecule has 0 atom stereocenters. The first-order valence-corrected chi connectivity index (χ1v) is 5.41. The van der Waals surface area contributed by atoms with Gasteiger partial charge in [-0.15, -0.1) is 0 Å². The van der Waals surface area contributed by atoms with Crippen LogP contribution in [0.1, 0.15) is 32.0 Å². The maximum Gasteiger partial charge on any atom is 0.150 e. The van der Waals surface area contributed by atoms with Gasteiger partial charge in [-0.25, -0.2) is 4.68 Å². The Morgan fingerprint density at radius 3 is 2.69 bits per heavy atom. The monoisotopic (exact) mass is 221 g/mol. The molecule has 2 N–H and O–H groups in total. The van der Waals surface area contributed by atoms with E-state index in [0.717, 1.165) is 11.5 Å². The van der Waals surface area contributed by atoms with Crippen molar-refractivity contribution in [3.63, 3.8) is 0 Å². The van der Waals surface area contributed by atoms with Gasteiger partial charge in [-0.05, 0) is 20.8 Å². The zero-order valence-electron chi connectivity index (χ0n) is 10.4. The zero-order valence-corrected chi connectivity index (χ0v) is 10.4. The predicted molar refractivity (Wildman–Crippen MR) is 65.3 cm³/mol. The molecule has 0 aromatic carbocycles. The van der Waals surface area contributed by atoms with Crippen LogP contribution >= 0.6 is 0 Å². The van der Waals surface area contributed by atoms with Crippen LogP contribution in [0.25, 0.3) is 0 Å². The summed E-state index contributed by atoms with van der Waals surface area (Å²) in [6.07, 6.45) is 0.484. The Kier molecular flexibility index (Phi) is 3.78. The van der Waals surface area contributed by atoms with Crippen LogP contribution in [0.3, 0.4) is 0 Å². The van der Waals surface area contributed by atoms with E-state index in [4.69, 9.17) is 11.0 Å². The van der Waals surface area contributed by atoms with Crippen molar-refractivity contribution in [2.75, 3.05) is 24.2 Å². The molecule has 16 heavy (non-hydrogen) atoms. The second-order valence-corrected chi connectivity index (χ2v) is 4.19. The second-order valence-electron chi connectivity index (χ2n) is 4.19. The van der Waals surface area contributed by atoms with Crippen LogP contribution in [0.2, 0.25) is 0 Å². The number of hydrogen-bond donors (Lipinski definition) is 1. The van der Waals surface area contributed by atoms with Crippen LogP contribution in [0, 0.1) is 18.3 Å². The molecule has 5 nitrogen and oxygen atoms in total. The number of nitrogens with two attached hydrogens (primary N) is 1. The Morgan fingerprint density at radius 1 is 1.56 bits per heavy atom. The summed E-state index contributed by atoms with van der Waals surface area (Å²) in [5.74, 6) is 0.905. The van der Waals surface area contributed by atoms with Crippen molar-refractivity contribution >= 4 is 11.5 Å². The number of nitrogens with zero attached hydrogens (tertiary/aromatic N) is 4. The molecule has 88 valence electrons. The Bertz CT molecular complexity index is 399. The molecule has 0 aliphatic carbocycles. The molecule has 0 amide bonds. The van der Waals surface area contributed by atoms with E-state index in [2.05, 4.69) is 25.0 Å². The predicted octanol–water partition coefficient (Wildman–Crippen LogP) is 1.70. The summed E-state index contributed by atoms with van der Waals surface area (Å²) >= 11 is 0. The van der Waals surface area contributed by atoms with Gasteiger partial charge in [-0.3, -0.25) is 0 Å². The molecular formula is C11H19N5. The highest BCUT2D eigenvalue weighted by Gasteiger charge is 2.17. The van der Waals surface area contributed by atoms with Gasteiger partial charge in [-0.1, -0.05) is 0 Å². The normalized spacial score (nSPS) is 10.5. The van der Waals surface area contributed by atoms with E-state index in [1.165, 1.54) is 0 Å². The van der Waals surface area contributed by atoms with Crippen molar-refractivity contribution in [3.8, 4) is 6.07 Å². The summed E-state index contributed by atoms with van der Waals surface area (Å²) in [4.78, 5) is 1.98. The minimum absolute atomic E-state index is 0.260. The average Bonchev–Trinajstić information content (AvgIpc) is 2.52. The van der Waals surface area contributed by atoms with Crippen molar-refractivity contribution in [1.82, 2.24) is 9.78 Å². The van der Waals surface area contributed by atoms with Gasteiger partial charge in [0.2, 0.25) is 0 Å². The maximum atomic E-state index is 8.58. The average molecular weight is 221 g/mol. The fraction of sp³-hybridized carbons (Fsp3) is 0.636. The van der Waals surface area contributed by atoms with Gasteiger partial charge in [0.05, 0.1) is 23.9 Å². The number of nitriles is 1. The van der Waals surface area contributed by atoms with Crippen LogP contribution in [-0.2, 0) is 0 Å². The van der Waals surface area contributed by atoms with Crippen molar-refractivity contribution in [2.45, 2.75) is 33.2 Å².